The molecule has 2 atom stereocenters. The largest absolute Gasteiger partial charge is 0.345 e. The molecule has 0 aromatic rings. The summed E-state index contributed by atoms with van der Waals surface area (Å²) in [6.07, 6.45) is 0.826. The van der Waals surface area contributed by atoms with E-state index in [1.807, 2.05) is 0 Å². The van der Waals surface area contributed by atoms with E-state index in [0.29, 0.717) is 19.4 Å². The van der Waals surface area contributed by atoms with Gasteiger partial charge in [0.05, 0.1) is 5.75 Å². The first-order valence-corrected chi connectivity index (χ1v) is 6.78. The third-order valence-electron chi connectivity index (χ3n) is 2.67. The minimum absolute atomic E-state index is 0.00884. The first-order chi connectivity index (χ1) is 6.84. The van der Waals surface area contributed by atoms with Crippen LogP contribution in [0.4, 0.5) is 0 Å². The van der Waals surface area contributed by atoms with Gasteiger partial charge in [0.15, 0.2) is 9.84 Å². The molecular weight excluding hydrogens is 216 g/mol. The van der Waals surface area contributed by atoms with Crippen LogP contribution in [0, 0.1) is 0 Å². The summed E-state index contributed by atoms with van der Waals surface area (Å²) in [4.78, 5) is 13.0. The van der Waals surface area contributed by atoms with E-state index in [1.165, 1.54) is 4.90 Å². The second-order valence-electron chi connectivity index (χ2n) is 4.17. The Morgan fingerprint density at radius 2 is 2.20 bits per heavy atom. The number of hydrogen-bond acceptors (Lipinski definition) is 4. The van der Waals surface area contributed by atoms with Gasteiger partial charge in [0.1, 0.15) is 5.25 Å². The van der Waals surface area contributed by atoms with Crippen molar-refractivity contribution < 1.29 is 13.2 Å². The topological polar surface area (TPSA) is 80.5 Å². The van der Waals surface area contributed by atoms with Crippen LogP contribution in [0.25, 0.3) is 0 Å². The van der Waals surface area contributed by atoms with E-state index < -0.39 is 15.1 Å². The molecule has 0 spiro atoms. The fourth-order valence-corrected chi connectivity index (χ4v) is 3.55. The monoisotopic (exact) mass is 234 g/mol. The van der Waals surface area contributed by atoms with Crippen molar-refractivity contribution in [1.82, 2.24) is 4.90 Å². The Morgan fingerprint density at radius 3 is 2.60 bits per heavy atom. The van der Waals surface area contributed by atoms with E-state index >= 15 is 0 Å². The fourth-order valence-electron chi connectivity index (χ4n) is 1.62. The van der Waals surface area contributed by atoms with E-state index in [9.17, 15) is 13.2 Å². The number of rotatable bonds is 4. The van der Waals surface area contributed by atoms with E-state index in [0.717, 1.165) is 0 Å². The molecule has 1 saturated heterocycles. The Labute approximate surface area is 90.5 Å². The molecule has 1 heterocycles. The minimum atomic E-state index is -3.31. The number of nitrogens with two attached hydrogens (primary N) is 1. The molecule has 0 bridgehead atoms. The Hall–Kier alpha value is -0.620. The lowest BCUT2D eigenvalue weighted by molar-refractivity contribution is -0.126. The smallest absolute Gasteiger partial charge is 0.240 e. The van der Waals surface area contributed by atoms with Crippen molar-refractivity contribution in [3.05, 3.63) is 0 Å². The highest BCUT2D eigenvalue weighted by molar-refractivity contribution is 7.92. The predicted molar refractivity (Wildman–Crippen MR) is 58.1 cm³/mol. The molecule has 1 rings (SSSR count). The summed E-state index contributed by atoms with van der Waals surface area (Å²) in [5.74, 6) is -0.269. The van der Waals surface area contributed by atoms with E-state index in [4.69, 9.17) is 5.73 Å². The third-order valence-corrected chi connectivity index (χ3v) is 4.78. The van der Waals surface area contributed by atoms with Crippen molar-refractivity contribution in [2.75, 3.05) is 19.3 Å². The molecule has 0 aromatic carbocycles. The van der Waals surface area contributed by atoms with Crippen LogP contribution in [0.3, 0.4) is 0 Å². The lowest BCUT2D eigenvalue weighted by atomic mass is 10.3. The van der Waals surface area contributed by atoms with Crippen molar-refractivity contribution in [3.8, 4) is 0 Å². The first-order valence-electron chi connectivity index (χ1n) is 5.06. The van der Waals surface area contributed by atoms with Gasteiger partial charge in [0, 0.05) is 19.6 Å². The van der Waals surface area contributed by atoms with Gasteiger partial charge in [-0.25, -0.2) is 8.42 Å². The minimum Gasteiger partial charge on any atom is -0.345 e. The van der Waals surface area contributed by atoms with Crippen LogP contribution in [-0.2, 0) is 14.6 Å². The molecule has 1 fully saturated rings. The predicted octanol–water partition coefficient (Wildman–Crippen LogP) is -0.631. The summed E-state index contributed by atoms with van der Waals surface area (Å²) >= 11 is 0. The van der Waals surface area contributed by atoms with Gasteiger partial charge in [-0.3, -0.25) is 4.79 Å². The second-order valence-corrected chi connectivity index (χ2v) is 6.47. The maximum absolute atomic E-state index is 11.8. The molecule has 2 N–H and O–H groups in total. The normalized spacial score (nSPS) is 24.6. The number of carbonyl (C=O) groups is 1. The number of carbonyl (C=O) groups excluding carboxylic acids is 1. The average molecular weight is 234 g/mol. The summed E-state index contributed by atoms with van der Waals surface area (Å²) in [6, 6.07) is -0.144. The highest BCUT2D eigenvalue weighted by Crippen LogP contribution is 2.18. The molecule has 2 unspecified atom stereocenters. The molecule has 0 aliphatic carbocycles. The highest BCUT2D eigenvalue weighted by Gasteiger charge is 2.38. The van der Waals surface area contributed by atoms with Crippen LogP contribution in [-0.4, -0.2) is 49.9 Å². The van der Waals surface area contributed by atoms with Gasteiger partial charge in [-0.15, -0.1) is 0 Å². The van der Waals surface area contributed by atoms with E-state index in [2.05, 4.69) is 0 Å². The van der Waals surface area contributed by atoms with Crippen molar-refractivity contribution in [2.24, 2.45) is 5.73 Å². The zero-order valence-corrected chi connectivity index (χ0v) is 9.96. The van der Waals surface area contributed by atoms with Gasteiger partial charge in [0.25, 0.3) is 0 Å². The van der Waals surface area contributed by atoms with Crippen molar-refractivity contribution in [3.63, 3.8) is 0 Å². The standard InChI is InChI=1S/C9H18N2O3S/c1-7(10)4-6-15(13,14)8-3-5-11(2)9(8)12/h7-8H,3-6,10H2,1-2H3. The maximum Gasteiger partial charge on any atom is 0.240 e. The number of hydrogen-bond donors (Lipinski definition) is 1. The third kappa shape index (κ3) is 2.92. The second kappa shape index (κ2) is 4.49. The highest BCUT2D eigenvalue weighted by atomic mass is 32.2. The van der Waals surface area contributed by atoms with Gasteiger partial charge in [-0.2, -0.15) is 0 Å². The van der Waals surface area contributed by atoms with Crippen LogP contribution < -0.4 is 5.73 Å². The Morgan fingerprint density at radius 1 is 1.60 bits per heavy atom. The quantitative estimate of drug-likeness (QED) is 0.702. The molecule has 5 nitrogen and oxygen atoms in total. The zero-order chi connectivity index (χ0) is 11.6. The van der Waals surface area contributed by atoms with Gasteiger partial charge < -0.3 is 10.6 Å². The molecular formula is C9H18N2O3S. The molecule has 1 amide bonds. The van der Waals surface area contributed by atoms with Crippen LogP contribution in [0.2, 0.25) is 0 Å². The number of amides is 1. The molecule has 1 aliphatic heterocycles. The summed E-state index contributed by atoms with van der Waals surface area (Å²) in [5, 5.41) is -0.832. The molecule has 88 valence electrons. The maximum atomic E-state index is 11.8. The Bertz CT molecular complexity index is 337. The van der Waals surface area contributed by atoms with Gasteiger partial charge in [0.2, 0.25) is 5.91 Å². The molecule has 0 saturated carbocycles. The molecule has 0 aromatic heterocycles. The number of sulfone groups is 1. The van der Waals surface area contributed by atoms with E-state index in [1.54, 1.807) is 14.0 Å². The molecule has 0 radical (unpaired) electrons. The van der Waals surface area contributed by atoms with Crippen LogP contribution in [0.1, 0.15) is 19.8 Å². The summed E-state index contributed by atoms with van der Waals surface area (Å²) in [7, 11) is -1.68. The SMILES string of the molecule is CC(N)CCS(=O)(=O)C1CCN(C)C1=O. The summed E-state index contributed by atoms with van der Waals surface area (Å²) in [5.41, 5.74) is 5.50. The van der Waals surface area contributed by atoms with Crippen LogP contribution >= 0.6 is 0 Å². The van der Waals surface area contributed by atoms with Crippen LogP contribution in [0.5, 0.6) is 0 Å². The van der Waals surface area contributed by atoms with Crippen molar-refractivity contribution >= 4 is 15.7 Å². The lowest BCUT2D eigenvalue weighted by Gasteiger charge is -2.12. The van der Waals surface area contributed by atoms with Gasteiger partial charge in [-0.05, 0) is 19.8 Å². The Balaban J connectivity index is 2.66. The van der Waals surface area contributed by atoms with Gasteiger partial charge >= 0.3 is 0 Å². The molecule has 1 aliphatic rings. The zero-order valence-electron chi connectivity index (χ0n) is 9.14. The van der Waals surface area contributed by atoms with Crippen molar-refractivity contribution in [1.29, 1.82) is 0 Å². The summed E-state index contributed by atoms with van der Waals surface area (Å²) < 4.78 is 23.6. The Kier molecular flexibility index (Phi) is 3.72. The average Bonchev–Trinajstić information content (AvgIpc) is 2.45. The summed E-state index contributed by atoms with van der Waals surface area (Å²) in [6.45, 7) is 2.29. The lowest BCUT2D eigenvalue weighted by Crippen LogP contribution is -2.34. The van der Waals surface area contributed by atoms with Gasteiger partial charge in [-0.1, -0.05) is 0 Å². The fraction of sp³-hybridized carbons (Fsp3) is 0.889. The number of nitrogens with zero attached hydrogens (tertiary/aromatic N) is 1. The molecule has 6 heteroatoms. The van der Waals surface area contributed by atoms with Crippen molar-refractivity contribution in [2.45, 2.75) is 31.1 Å². The molecule has 15 heavy (non-hydrogen) atoms. The first kappa shape index (κ1) is 12.4. The van der Waals surface area contributed by atoms with E-state index in [-0.39, 0.29) is 17.7 Å². The number of likely N-dealkylation sites (tertiary alicyclic amines) is 1. The van der Waals surface area contributed by atoms with Crippen LogP contribution in [0.15, 0.2) is 0 Å².